The Morgan fingerprint density at radius 2 is 2.44 bits per heavy atom. The molecular weight excluding hydrogens is 116 g/mol. The molecule has 1 rings (SSSR count). The smallest absolute Gasteiger partial charge is 0.204 e. The maximum Gasteiger partial charge on any atom is 0.204 e. The fourth-order valence-electron chi connectivity index (χ4n) is 0.866. The fourth-order valence-corrected chi connectivity index (χ4v) is 0.866. The number of nitrogens with zero attached hydrogens (tertiary/aromatic N) is 1. The van der Waals surface area contributed by atoms with Crippen LogP contribution in [0.5, 0.6) is 0 Å². The Balaban J connectivity index is 2.63. The molecule has 2 atom stereocenters. The standard InChI is InChI=1S/C6H10N2O/c1-5-7-3-4-8(5)6(2)9/h3-4,6,9H,1-2H3/p+1. The van der Waals surface area contributed by atoms with Gasteiger partial charge in [-0.3, -0.25) is 0 Å². The molecule has 0 aromatic rings. The number of quaternary nitrogens is 1. The lowest BCUT2D eigenvalue weighted by atomic mass is 10.5. The molecule has 9 heavy (non-hydrogen) atoms. The highest BCUT2D eigenvalue weighted by molar-refractivity contribution is 5.72. The van der Waals surface area contributed by atoms with E-state index in [9.17, 15) is 0 Å². The van der Waals surface area contributed by atoms with E-state index in [4.69, 9.17) is 5.11 Å². The molecule has 0 aliphatic carbocycles. The Hall–Kier alpha value is -0.670. The maximum atomic E-state index is 9.05. The van der Waals surface area contributed by atoms with Gasteiger partial charge in [0.2, 0.25) is 5.84 Å². The molecule has 1 aliphatic rings. The number of rotatable bonds is 1. The third-order valence-corrected chi connectivity index (χ3v) is 1.39. The van der Waals surface area contributed by atoms with Gasteiger partial charge in [-0.25, -0.2) is 9.89 Å². The second-order valence-corrected chi connectivity index (χ2v) is 2.16. The molecule has 0 spiro atoms. The Kier molecular flexibility index (Phi) is 1.64. The lowest BCUT2D eigenvalue weighted by molar-refractivity contribution is -0.803. The first-order valence-corrected chi connectivity index (χ1v) is 2.98. The molecule has 0 aromatic carbocycles. The van der Waals surface area contributed by atoms with E-state index in [1.54, 1.807) is 13.1 Å². The molecule has 3 nitrogen and oxygen atoms in total. The molecule has 0 fully saturated rings. The van der Waals surface area contributed by atoms with Gasteiger partial charge in [0.15, 0.2) is 6.23 Å². The van der Waals surface area contributed by atoms with Crippen LogP contribution in [0.4, 0.5) is 0 Å². The van der Waals surface area contributed by atoms with E-state index in [-0.39, 0.29) is 6.23 Å². The second-order valence-electron chi connectivity index (χ2n) is 2.16. The molecule has 0 saturated carbocycles. The van der Waals surface area contributed by atoms with Crippen molar-refractivity contribution in [1.29, 1.82) is 0 Å². The molecule has 0 bridgehead atoms. The molecular formula is C6H11N2O+. The van der Waals surface area contributed by atoms with E-state index in [2.05, 4.69) is 4.99 Å². The van der Waals surface area contributed by atoms with E-state index in [1.807, 2.05) is 13.1 Å². The van der Waals surface area contributed by atoms with Crippen LogP contribution in [0, 0.1) is 0 Å². The lowest BCUT2D eigenvalue weighted by Crippen LogP contribution is -3.12. The van der Waals surface area contributed by atoms with Gasteiger partial charge in [-0.1, -0.05) is 0 Å². The minimum Gasteiger partial charge on any atom is -0.344 e. The van der Waals surface area contributed by atoms with Gasteiger partial charge in [-0.15, -0.1) is 0 Å². The lowest BCUT2D eigenvalue weighted by Gasteiger charge is -2.11. The molecule has 1 heterocycles. The zero-order valence-corrected chi connectivity index (χ0v) is 5.63. The first-order valence-electron chi connectivity index (χ1n) is 2.98. The maximum absolute atomic E-state index is 9.05. The van der Waals surface area contributed by atoms with Crippen LogP contribution >= 0.6 is 0 Å². The summed E-state index contributed by atoms with van der Waals surface area (Å²) in [4.78, 5) is 4.90. The molecule has 2 N–H and O–H groups in total. The van der Waals surface area contributed by atoms with Gasteiger partial charge < -0.3 is 5.11 Å². The quantitative estimate of drug-likeness (QED) is 0.471. The molecule has 3 heteroatoms. The second kappa shape index (κ2) is 2.29. The molecule has 50 valence electrons. The van der Waals surface area contributed by atoms with E-state index in [1.165, 1.54) is 0 Å². The van der Waals surface area contributed by atoms with Crippen LogP contribution in [0.2, 0.25) is 0 Å². The van der Waals surface area contributed by atoms with Gasteiger partial charge in [-0.05, 0) is 0 Å². The summed E-state index contributed by atoms with van der Waals surface area (Å²) in [6.45, 7) is 3.63. The molecule has 1 aliphatic heterocycles. The largest absolute Gasteiger partial charge is 0.344 e. The van der Waals surface area contributed by atoms with Crippen LogP contribution < -0.4 is 4.90 Å². The monoisotopic (exact) mass is 127 g/mol. The molecule has 0 saturated heterocycles. The highest BCUT2D eigenvalue weighted by Crippen LogP contribution is 1.80. The highest BCUT2D eigenvalue weighted by atomic mass is 16.3. The van der Waals surface area contributed by atoms with Gasteiger partial charge in [0.05, 0.1) is 6.20 Å². The molecule has 0 aromatic heterocycles. The van der Waals surface area contributed by atoms with Gasteiger partial charge in [-0.2, -0.15) is 0 Å². The predicted octanol–water partition coefficient (Wildman–Crippen LogP) is -0.887. The van der Waals surface area contributed by atoms with Crippen molar-refractivity contribution in [1.82, 2.24) is 0 Å². The highest BCUT2D eigenvalue weighted by Gasteiger charge is 2.18. The van der Waals surface area contributed by atoms with Crippen LogP contribution in [0.1, 0.15) is 13.8 Å². The first kappa shape index (κ1) is 6.45. The minimum atomic E-state index is -0.382. The summed E-state index contributed by atoms with van der Waals surface area (Å²) in [7, 11) is 0. The van der Waals surface area contributed by atoms with Gasteiger partial charge in [0.1, 0.15) is 6.20 Å². The number of nitrogens with one attached hydrogen (secondary N) is 1. The van der Waals surface area contributed by atoms with Crippen molar-refractivity contribution >= 4 is 5.84 Å². The van der Waals surface area contributed by atoms with E-state index in [0.717, 1.165) is 10.7 Å². The van der Waals surface area contributed by atoms with Crippen molar-refractivity contribution in [2.75, 3.05) is 0 Å². The van der Waals surface area contributed by atoms with Crippen molar-refractivity contribution in [2.45, 2.75) is 20.1 Å². The number of aliphatic imine (C=N–C) groups is 1. The summed E-state index contributed by atoms with van der Waals surface area (Å²) >= 11 is 0. The van der Waals surface area contributed by atoms with Crippen LogP contribution in [0.25, 0.3) is 0 Å². The Morgan fingerprint density at radius 1 is 1.78 bits per heavy atom. The normalized spacial score (nSPS) is 28.3. The summed E-state index contributed by atoms with van der Waals surface area (Å²) in [6, 6.07) is 0. The summed E-state index contributed by atoms with van der Waals surface area (Å²) in [5, 5.41) is 9.05. The molecule has 0 amide bonds. The zero-order chi connectivity index (χ0) is 6.85. The molecule has 0 radical (unpaired) electrons. The third-order valence-electron chi connectivity index (χ3n) is 1.39. The van der Waals surface area contributed by atoms with E-state index >= 15 is 0 Å². The topological polar surface area (TPSA) is 37.0 Å². The summed E-state index contributed by atoms with van der Waals surface area (Å²) in [5.41, 5.74) is 0. The van der Waals surface area contributed by atoms with Gasteiger partial charge >= 0.3 is 0 Å². The number of amidine groups is 1. The van der Waals surface area contributed by atoms with Gasteiger partial charge in [0.25, 0.3) is 0 Å². The van der Waals surface area contributed by atoms with Crippen molar-refractivity contribution in [3.05, 3.63) is 12.4 Å². The van der Waals surface area contributed by atoms with Crippen molar-refractivity contribution in [2.24, 2.45) is 4.99 Å². The van der Waals surface area contributed by atoms with E-state index in [0.29, 0.717) is 0 Å². The van der Waals surface area contributed by atoms with Crippen LogP contribution in [0.15, 0.2) is 17.4 Å². The summed E-state index contributed by atoms with van der Waals surface area (Å²) in [5.74, 6) is 0.921. The first-order chi connectivity index (χ1) is 4.22. The Bertz CT molecular complexity index is 160. The zero-order valence-electron chi connectivity index (χ0n) is 5.63. The van der Waals surface area contributed by atoms with Gasteiger partial charge in [0, 0.05) is 13.8 Å². The minimum absolute atomic E-state index is 0.382. The third kappa shape index (κ3) is 1.17. The van der Waals surface area contributed by atoms with Crippen LogP contribution in [-0.4, -0.2) is 17.2 Å². The predicted molar refractivity (Wildman–Crippen MR) is 34.9 cm³/mol. The van der Waals surface area contributed by atoms with Crippen LogP contribution in [0.3, 0.4) is 0 Å². The summed E-state index contributed by atoms with van der Waals surface area (Å²) < 4.78 is 0. The van der Waals surface area contributed by atoms with Crippen LogP contribution in [-0.2, 0) is 0 Å². The van der Waals surface area contributed by atoms with E-state index < -0.39 is 0 Å². The average Bonchev–Trinajstić information content (AvgIpc) is 2.13. The summed E-state index contributed by atoms with van der Waals surface area (Å²) in [6.07, 6.45) is 3.16. The number of aliphatic hydroxyl groups is 1. The van der Waals surface area contributed by atoms with Crippen molar-refractivity contribution < 1.29 is 10.0 Å². The number of hydrogen-bond donors (Lipinski definition) is 2. The average molecular weight is 127 g/mol. The number of aliphatic hydroxyl groups excluding tert-OH is 1. The Morgan fingerprint density at radius 3 is 2.67 bits per heavy atom. The molecule has 2 unspecified atom stereocenters. The van der Waals surface area contributed by atoms with Crippen molar-refractivity contribution in [3.63, 3.8) is 0 Å². The SMILES string of the molecule is CC1=NC=C[NH+]1C(C)O. The fraction of sp³-hybridized carbons (Fsp3) is 0.500. The van der Waals surface area contributed by atoms with Crippen molar-refractivity contribution in [3.8, 4) is 0 Å². The number of hydrogen-bond acceptors (Lipinski definition) is 2. The Labute approximate surface area is 54.3 Å².